The molecule has 0 aliphatic carbocycles. The number of benzene rings is 3. The second-order valence-electron chi connectivity index (χ2n) is 7.00. The third kappa shape index (κ3) is 3.57. The van der Waals surface area contributed by atoms with Crippen molar-refractivity contribution in [3.8, 4) is 17.2 Å². The Hall–Kier alpha value is -3.18. The van der Waals surface area contributed by atoms with Crippen LogP contribution in [-0.2, 0) is 11.2 Å². The number of nitrogens with zero attached hydrogens (tertiary/aromatic N) is 1. The molecule has 0 spiro atoms. The first-order valence-corrected chi connectivity index (χ1v) is 9.90. The lowest BCUT2D eigenvalue weighted by Gasteiger charge is -2.38. The number of hydrogen-bond acceptors (Lipinski definition) is 4. The van der Waals surface area contributed by atoms with Crippen molar-refractivity contribution >= 4 is 23.2 Å². The number of anilines is 1. The van der Waals surface area contributed by atoms with Crippen LogP contribution in [0.2, 0.25) is 5.02 Å². The van der Waals surface area contributed by atoms with Crippen LogP contribution in [0.15, 0.2) is 60.7 Å². The number of carbonyl (C=O) groups excluding carboxylic acids is 1. The first-order chi connectivity index (χ1) is 14.5. The topological polar surface area (TPSA) is 48.0 Å². The summed E-state index contributed by atoms with van der Waals surface area (Å²) in [5.74, 6) is 1.97. The van der Waals surface area contributed by atoms with Crippen molar-refractivity contribution in [2.45, 2.75) is 12.5 Å². The summed E-state index contributed by atoms with van der Waals surface area (Å²) in [7, 11) is 4.82. The Morgan fingerprint density at radius 1 is 0.867 bits per heavy atom. The van der Waals surface area contributed by atoms with Gasteiger partial charge in [0, 0.05) is 10.7 Å². The van der Waals surface area contributed by atoms with E-state index in [1.54, 1.807) is 21.3 Å². The molecule has 1 heterocycles. The predicted molar refractivity (Wildman–Crippen MR) is 117 cm³/mol. The number of fused-ring (bicyclic) bond motifs is 1. The van der Waals surface area contributed by atoms with Crippen LogP contribution in [0.4, 0.5) is 5.69 Å². The highest BCUT2D eigenvalue weighted by atomic mass is 35.5. The Kier molecular flexibility index (Phi) is 5.55. The number of ether oxygens (including phenoxy) is 3. The molecule has 0 aromatic heterocycles. The highest BCUT2D eigenvalue weighted by Crippen LogP contribution is 2.43. The van der Waals surface area contributed by atoms with Crippen molar-refractivity contribution in [1.82, 2.24) is 0 Å². The van der Waals surface area contributed by atoms with Crippen LogP contribution in [-0.4, -0.2) is 27.2 Å². The van der Waals surface area contributed by atoms with Crippen molar-refractivity contribution < 1.29 is 19.0 Å². The van der Waals surface area contributed by atoms with E-state index in [9.17, 15) is 4.79 Å². The molecule has 0 radical (unpaired) electrons. The van der Waals surface area contributed by atoms with Gasteiger partial charge in [-0.05, 0) is 65.2 Å². The smallest absolute Gasteiger partial charge is 0.232 e. The van der Waals surface area contributed by atoms with E-state index in [1.165, 1.54) is 0 Å². The summed E-state index contributed by atoms with van der Waals surface area (Å²) in [6.07, 6.45) is 0.270. The summed E-state index contributed by atoms with van der Waals surface area (Å²) >= 11 is 6.12. The third-order valence-corrected chi connectivity index (χ3v) is 5.60. The fourth-order valence-corrected chi connectivity index (χ4v) is 4.01. The fraction of sp³-hybridized carbons (Fsp3) is 0.208. The second-order valence-corrected chi connectivity index (χ2v) is 7.44. The van der Waals surface area contributed by atoms with Crippen molar-refractivity contribution in [2.24, 2.45) is 0 Å². The molecule has 30 heavy (non-hydrogen) atoms. The molecule has 4 rings (SSSR count). The van der Waals surface area contributed by atoms with Gasteiger partial charge in [-0.3, -0.25) is 4.79 Å². The molecule has 1 amide bonds. The molecule has 154 valence electrons. The first kappa shape index (κ1) is 20.1. The second kappa shape index (κ2) is 8.28. The van der Waals surface area contributed by atoms with Crippen LogP contribution < -0.4 is 19.1 Å². The Morgan fingerprint density at radius 3 is 2.10 bits per heavy atom. The van der Waals surface area contributed by atoms with Crippen molar-refractivity contribution in [1.29, 1.82) is 0 Å². The Morgan fingerprint density at radius 2 is 1.50 bits per heavy atom. The van der Waals surface area contributed by atoms with Gasteiger partial charge < -0.3 is 19.1 Å². The van der Waals surface area contributed by atoms with E-state index in [4.69, 9.17) is 25.8 Å². The maximum absolute atomic E-state index is 13.3. The van der Waals surface area contributed by atoms with Gasteiger partial charge in [0.1, 0.15) is 5.75 Å². The van der Waals surface area contributed by atoms with Gasteiger partial charge in [0.15, 0.2) is 11.5 Å². The minimum atomic E-state index is -0.327. The molecular weight excluding hydrogens is 402 g/mol. The molecule has 0 fully saturated rings. The molecule has 0 unspecified atom stereocenters. The van der Waals surface area contributed by atoms with Crippen molar-refractivity contribution in [3.05, 3.63) is 82.4 Å². The van der Waals surface area contributed by atoms with Gasteiger partial charge in [-0.1, -0.05) is 23.7 Å². The van der Waals surface area contributed by atoms with Gasteiger partial charge >= 0.3 is 0 Å². The van der Waals surface area contributed by atoms with Gasteiger partial charge in [0.25, 0.3) is 0 Å². The summed E-state index contributed by atoms with van der Waals surface area (Å²) in [4.78, 5) is 15.1. The molecule has 5 nitrogen and oxygen atoms in total. The molecule has 0 N–H and O–H groups in total. The van der Waals surface area contributed by atoms with E-state index >= 15 is 0 Å². The minimum absolute atomic E-state index is 0.000151. The van der Waals surface area contributed by atoms with E-state index in [0.717, 1.165) is 28.1 Å². The molecule has 6 heteroatoms. The molecule has 1 aliphatic rings. The lowest BCUT2D eigenvalue weighted by atomic mass is 9.87. The zero-order valence-corrected chi connectivity index (χ0v) is 17.8. The van der Waals surface area contributed by atoms with Gasteiger partial charge in [-0.15, -0.1) is 0 Å². The Balaban J connectivity index is 1.91. The highest BCUT2D eigenvalue weighted by Gasteiger charge is 2.35. The van der Waals surface area contributed by atoms with Gasteiger partial charge in [0.2, 0.25) is 5.91 Å². The number of amides is 1. The van der Waals surface area contributed by atoms with Crippen LogP contribution >= 0.6 is 11.6 Å². The van der Waals surface area contributed by atoms with Crippen molar-refractivity contribution in [3.63, 3.8) is 0 Å². The van der Waals surface area contributed by atoms with Gasteiger partial charge in [-0.2, -0.15) is 0 Å². The number of halogens is 1. The monoisotopic (exact) mass is 423 g/mol. The number of methoxy groups -OCH3 is 3. The van der Waals surface area contributed by atoms with E-state index < -0.39 is 0 Å². The van der Waals surface area contributed by atoms with E-state index in [-0.39, 0.29) is 18.4 Å². The summed E-state index contributed by atoms with van der Waals surface area (Å²) in [5.41, 5.74) is 3.66. The Bertz CT molecular complexity index is 1060. The molecule has 1 aliphatic heterocycles. The highest BCUT2D eigenvalue weighted by molar-refractivity contribution is 6.30. The SMILES string of the molecule is COc1ccc(N2C(=O)Cc3cc(OC)c(OC)cc3[C@H]2c2ccc(Cl)cc2)cc1. The molecule has 0 saturated carbocycles. The number of hydrogen-bond donors (Lipinski definition) is 0. The summed E-state index contributed by atoms with van der Waals surface area (Å²) in [6, 6.07) is 18.6. The van der Waals surface area contributed by atoms with E-state index in [1.807, 2.05) is 65.6 Å². The first-order valence-electron chi connectivity index (χ1n) is 9.52. The van der Waals surface area contributed by atoms with E-state index in [0.29, 0.717) is 16.5 Å². The number of rotatable bonds is 5. The quantitative estimate of drug-likeness (QED) is 0.576. The van der Waals surface area contributed by atoms with Crippen molar-refractivity contribution in [2.75, 3.05) is 26.2 Å². The van der Waals surface area contributed by atoms with Crippen LogP contribution in [0.5, 0.6) is 17.2 Å². The molecule has 3 aromatic carbocycles. The van der Waals surface area contributed by atoms with Crippen LogP contribution in [0.1, 0.15) is 22.7 Å². The normalized spacial score (nSPS) is 15.5. The zero-order valence-electron chi connectivity index (χ0n) is 17.0. The lowest BCUT2D eigenvalue weighted by molar-refractivity contribution is -0.118. The molecular formula is C24H22ClNO4. The van der Waals surface area contributed by atoms with E-state index in [2.05, 4.69) is 0 Å². The van der Waals surface area contributed by atoms with Gasteiger partial charge in [-0.25, -0.2) is 0 Å². The van der Waals surface area contributed by atoms with Crippen LogP contribution in [0, 0.1) is 0 Å². The summed E-state index contributed by atoms with van der Waals surface area (Å²) in [5, 5.41) is 0.643. The standard InChI is InChI=1S/C24H22ClNO4/c1-28-19-10-8-18(9-11-19)26-23(27)13-16-12-21(29-2)22(30-3)14-20(16)24(26)15-4-6-17(25)7-5-15/h4-12,14,24H,13H2,1-3H3/t24-/m1/s1. The third-order valence-electron chi connectivity index (χ3n) is 5.34. The summed E-state index contributed by atoms with van der Waals surface area (Å²) < 4.78 is 16.3. The summed E-state index contributed by atoms with van der Waals surface area (Å²) in [6.45, 7) is 0. The largest absolute Gasteiger partial charge is 0.497 e. The molecule has 0 bridgehead atoms. The molecule has 3 aromatic rings. The molecule has 1 atom stereocenters. The lowest BCUT2D eigenvalue weighted by Crippen LogP contribution is -2.41. The maximum Gasteiger partial charge on any atom is 0.232 e. The van der Waals surface area contributed by atoms with Crippen LogP contribution in [0.3, 0.4) is 0 Å². The Labute approximate surface area is 180 Å². The fourth-order valence-electron chi connectivity index (χ4n) is 3.89. The average Bonchev–Trinajstić information content (AvgIpc) is 2.78. The van der Waals surface area contributed by atoms with Crippen LogP contribution in [0.25, 0.3) is 0 Å². The molecule has 0 saturated heterocycles. The predicted octanol–water partition coefficient (Wildman–Crippen LogP) is 5.04. The zero-order chi connectivity index (χ0) is 21.3. The maximum atomic E-state index is 13.3. The van der Waals surface area contributed by atoms with Gasteiger partial charge in [0.05, 0.1) is 33.8 Å². The number of carbonyl (C=O) groups is 1. The minimum Gasteiger partial charge on any atom is -0.497 e. The average molecular weight is 424 g/mol.